The number of hydroxylamine groups is 1. The van der Waals surface area contributed by atoms with Crippen LogP contribution in [0.2, 0.25) is 0 Å². The molecule has 0 spiro atoms. The summed E-state index contributed by atoms with van der Waals surface area (Å²) in [5.74, 6) is 0.573. The molecule has 1 aromatic carbocycles. The average molecular weight is 193 g/mol. The summed E-state index contributed by atoms with van der Waals surface area (Å²) < 4.78 is 5.35. The Morgan fingerprint density at radius 2 is 2.43 bits per heavy atom. The molecule has 0 unspecified atom stereocenters. The van der Waals surface area contributed by atoms with Gasteiger partial charge in [-0.25, -0.2) is 5.48 Å². The van der Waals surface area contributed by atoms with Gasteiger partial charge in [0.15, 0.2) is 0 Å². The molecule has 0 saturated carbocycles. The van der Waals surface area contributed by atoms with E-state index < -0.39 is 0 Å². The fraction of sp³-hybridized carbons (Fsp3) is 0.300. The number of fused-ring (bicyclic) bond motifs is 1. The Morgan fingerprint density at radius 1 is 1.57 bits per heavy atom. The van der Waals surface area contributed by atoms with Crippen LogP contribution < -0.4 is 10.2 Å². The van der Waals surface area contributed by atoms with Crippen molar-refractivity contribution < 1.29 is 14.4 Å². The number of hydrogen-bond donors (Lipinski definition) is 1. The Hall–Kier alpha value is -1.55. The van der Waals surface area contributed by atoms with Gasteiger partial charge in [0, 0.05) is 17.5 Å². The van der Waals surface area contributed by atoms with Crippen LogP contribution in [0.25, 0.3) is 0 Å². The van der Waals surface area contributed by atoms with Crippen molar-refractivity contribution in [3.05, 3.63) is 29.3 Å². The monoisotopic (exact) mass is 193 g/mol. The van der Waals surface area contributed by atoms with E-state index in [1.165, 1.54) is 7.11 Å². The molecule has 1 N–H and O–H groups in total. The number of carbonyl (C=O) groups excluding carboxylic acids is 1. The molecule has 0 saturated heterocycles. The molecule has 1 aromatic rings. The van der Waals surface area contributed by atoms with Crippen molar-refractivity contribution in [2.24, 2.45) is 0 Å². The second-order valence-electron chi connectivity index (χ2n) is 3.02. The predicted molar refractivity (Wildman–Crippen MR) is 50.1 cm³/mol. The SMILES string of the molecule is CONC(=O)c1cccc2c1CCO2. The third kappa shape index (κ3) is 1.44. The Bertz CT molecular complexity index is 362. The highest BCUT2D eigenvalue weighted by molar-refractivity contribution is 5.95. The number of amides is 1. The summed E-state index contributed by atoms with van der Waals surface area (Å²) in [6, 6.07) is 5.43. The molecule has 0 aromatic heterocycles. The summed E-state index contributed by atoms with van der Waals surface area (Å²) >= 11 is 0. The van der Waals surface area contributed by atoms with Gasteiger partial charge < -0.3 is 4.74 Å². The summed E-state index contributed by atoms with van der Waals surface area (Å²) in [5, 5.41) is 0. The smallest absolute Gasteiger partial charge is 0.275 e. The molecule has 0 radical (unpaired) electrons. The minimum absolute atomic E-state index is 0.227. The lowest BCUT2D eigenvalue weighted by Crippen LogP contribution is -2.22. The van der Waals surface area contributed by atoms with E-state index in [2.05, 4.69) is 10.3 Å². The molecular formula is C10H11NO3. The van der Waals surface area contributed by atoms with E-state index in [9.17, 15) is 4.79 Å². The van der Waals surface area contributed by atoms with Gasteiger partial charge in [0.05, 0.1) is 13.7 Å². The van der Waals surface area contributed by atoms with E-state index in [-0.39, 0.29) is 5.91 Å². The number of hydrogen-bond acceptors (Lipinski definition) is 3. The lowest BCUT2D eigenvalue weighted by atomic mass is 10.1. The maximum Gasteiger partial charge on any atom is 0.275 e. The first-order valence-electron chi connectivity index (χ1n) is 4.41. The quantitative estimate of drug-likeness (QED) is 0.710. The lowest BCUT2D eigenvalue weighted by molar-refractivity contribution is 0.0537. The molecular weight excluding hydrogens is 182 g/mol. The molecule has 0 fully saturated rings. The van der Waals surface area contributed by atoms with Crippen LogP contribution in [-0.4, -0.2) is 19.6 Å². The van der Waals surface area contributed by atoms with Crippen LogP contribution in [0.4, 0.5) is 0 Å². The maximum atomic E-state index is 11.5. The van der Waals surface area contributed by atoms with Crippen LogP contribution in [0.3, 0.4) is 0 Å². The van der Waals surface area contributed by atoms with Crippen LogP contribution in [0.15, 0.2) is 18.2 Å². The molecule has 1 heterocycles. The van der Waals surface area contributed by atoms with Gasteiger partial charge in [0.25, 0.3) is 5.91 Å². The Kier molecular flexibility index (Phi) is 2.37. The van der Waals surface area contributed by atoms with E-state index in [0.717, 1.165) is 17.7 Å². The normalized spacial score (nSPS) is 13.2. The fourth-order valence-corrected chi connectivity index (χ4v) is 1.58. The Morgan fingerprint density at radius 3 is 3.21 bits per heavy atom. The van der Waals surface area contributed by atoms with Crippen LogP contribution >= 0.6 is 0 Å². The van der Waals surface area contributed by atoms with Crippen molar-refractivity contribution in [1.82, 2.24) is 5.48 Å². The van der Waals surface area contributed by atoms with Gasteiger partial charge >= 0.3 is 0 Å². The van der Waals surface area contributed by atoms with E-state index in [0.29, 0.717) is 12.2 Å². The molecule has 1 amide bonds. The third-order valence-corrected chi connectivity index (χ3v) is 2.18. The molecule has 0 aliphatic carbocycles. The zero-order chi connectivity index (χ0) is 9.97. The van der Waals surface area contributed by atoms with E-state index in [4.69, 9.17) is 4.74 Å². The second-order valence-corrected chi connectivity index (χ2v) is 3.02. The van der Waals surface area contributed by atoms with Gasteiger partial charge in [0.2, 0.25) is 0 Å². The first-order chi connectivity index (χ1) is 6.83. The highest BCUT2D eigenvalue weighted by Gasteiger charge is 2.19. The summed E-state index contributed by atoms with van der Waals surface area (Å²) in [6.07, 6.45) is 0.780. The van der Waals surface area contributed by atoms with Gasteiger partial charge in [-0.3, -0.25) is 9.63 Å². The van der Waals surface area contributed by atoms with E-state index in [1.807, 2.05) is 6.07 Å². The summed E-state index contributed by atoms with van der Waals surface area (Å²) in [5.41, 5.74) is 3.88. The summed E-state index contributed by atoms with van der Waals surface area (Å²) in [7, 11) is 1.41. The summed E-state index contributed by atoms with van der Waals surface area (Å²) in [6.45, 7) is 0.645. The number of rotatable bonds is 2. The van der Waals surface area contributed by atoms with Crippen LogP contribution in [0, 0.1) is 0 Å². The number of ether oxygens (including phenoxy) is 1. The minimum Gasteiger partial charge on any atom is -0.493 e. The minimum atomic E-state index is -0.227. The first kappa shape index (κ1) is 9.02. The molecule has 74 valence electrons. The molecule has 4 nitrogen and oxygen atoms in total. The summed E-state index contributed by atoms with van der Waals surface area (Å²) in [4.78, 5) is 16.1. The molecule has 1 aliphatic heterocycles. The molecule has 14 heavy (non-hydrogen) atoms. The van der Waals surface area contributed by atoms with E-state index >= 15 is 0 Å². The van der Waals surface area contributed by atoms with Crippen LogP contribution in [0.5, 0.6) is 5.75 Å². The van der Waals surface area contributed by atoms with Gasteiger partial charge in [-0.1, -0.05) is 6.07 Å². The highest BCUT2D eigenvalue weighted by Crippen LogP contribution is 2.27. The Balaban J connectivity index is 2.34. The van der Waals surface area contributed by atoms with Crippen molar-refractivity contribution in [1.29, 1.82) is 0 Å². The largest absolute Gasteiger partial charge is 0.493 e. The van der Waals surface area contributed by atoms with Crippen molar-refractivity contribution >= 4 is 5.91 Å². The molecule has 4 heteroatoms. The van der Waals surface area contributed by atoms with Gasteiger partial charge in [-0.05, 0) is 12.1 Å². The van der Waals surface area contributed by atoms with Crippen molar-refractivity contribution in [2.75, 3.05) is 13.7 Å². The van der Waals surface area contributed by atoms with Gasteiger partial charge in [0.1, 0.15) is 5.75 Å². The predicted octanol–water partition coefficient (Wildman–Crippen LogP) is 0.913. The highest BCUT2D eigenvalue weighted by atomic mass is 16.6. The zero-order valence-corrected chi connectivity index (χ0v) is 7.87. The molecule has 2 rings (SSSR count). The Labute approximate surface area is 81.8 Å². The molecule has 0 atom stereocenters. The van der Waals surface area contributed by atoms with Crippen molar-refractivity contribution in [3.63, 3.8) is 0 Å². The number of nitrogens with one attached hydrogen (secondary N) is 1. The van der Waals surface area contributed by atoms with Crippen LogP contribution in [-0.2, 0) is 11.3 Å². The fourth-order valence-electron chi connectivity index (χ4n) is 1.58. The van der Waals surface area contributed by atoms with Crippen molar-refractivity contribution in [2.45, 2.75) is 6.42 Å². The van der Waals surface area contributed by atoms with E-state index in [1.54, 1.807) is 12.1 Å². The number of benzene rings is 1. The van der Waals surface area contributed by atoms with Crippen molar-refractivity contribution in [3.8, 4) is 5.75 Å². The molecule has 0 bridgehead atoms. The van der Waals surface area contributed by atoms with Gasteiger partial charge in [-0.2, -0.15) is 0 Å². The third-order valence-electron chi connectivity index (χ3n) is 2.18. The molecule has 1 aliphatic rings. The average Bonchev–Trinajstić information content (AvgIpc) is 2.65. The second kappa shape index (κ2) is 3.67. The van der Waals surface area contributed by atoms with Crippen LogP contribution in [0.1, 0.15) is 15.9 Å². The van der Waals surface area contributed by atoms with Gasteiger partial charge in [-0.15, -0.1) is 0 Å². The first-order valence-corrected chi connectivity index (χ1v) is 4.41. The lowest BCUT2D eigenvalue weighted by Gasteiger charge is -2.05. The topological polar surface area (TPSA) is 47.6 Å². The maximum absolute atomic E-state index is 11.5. The zero-order valence-electron chi connectivity index (χ0n) is 7.87. The number of carbonyl (C=O) groups is 1. The standard InChI is InChI=1S/C10H11NO3/c1-13-11-10(12)8-3-2-4-9-7(8)5-6-14-9/h2-4H,5-6H2,1H3,(H,11,12).